The smallest absolute Gasteiger partial charge is 0.243 e. The van der Waals surface area contributed by atoms with E-state index in [1.807, 2.05) is 18.2 Å². The molecule has 52 heavy (non-hydrogen) atoms. The number of aliphatic hydroxyl groups excluding tert-OH is 1. The molecule has 0 saturated carbocycles. The van der Waals surface area contributed by atoms with Crippen LogP contribution in [-0.4, -0.2) is 102 Å². The van der Waals surface area contributed by atoms with E-state index in [0.717, 1.165) is 19.3 Å². The van der Waals surface area contributed by atoms with Crippen LogP contribution in [0.4, 0.5) is 0 Å². The molecule has 0 aliphatic carbocycles. The number of nitrogens with two attached hydrogens (primary N) is 3. The molecule has 18 nitrogen and oxygen atoms in total. The summed E-state index contributed by atoms with van der Waals surface area (Å²) in [6.07, 6.45) is 11.0. The first-order chi connectivity index (χ1) is 24.6. The zero-order valence-electron chi connectivity index (χ0n) is 29.8. The number of rotatable bonds is 18. The molecule has 0 spiro atoms. The second kappa shape index (κ2) is 25.0. The number of hydrogen-bond donors (Lipinski definition) is 9. The second-order valence-corrected chi connectivity index (χ2v) is 12.4. The predicted octanol–water partition coefficient (Wildman–Crippen LogP) is -2.13. The van der Waals surface area contributed by atoms with Crippen molar-refractivity contribution in [3.63, 3.8) is 0 Å². The average Bonchev–Trinajstić information content (AvgIpc) is 3.04. The van der Waals surface area contributed by atoms with E-state index in [9.17, 15) is 43.5 Å². The summed E-state index contributed by atoms with van der Waals surface area (Å²) >= 11 is 0. The highest BCUT2D eigenvalue weighted by molar-refractivity contribution is 5.98. The predicted molar refractivity (Wildman–Crippen MR) is 189 cm³/mol. The van der Waals surface area contributed by atoms with Gasteiger partial charge in [-0.05, 0) is 19.3 Å². The minimum Gasteiger partial charge on any atom is -0.393 e. The molecule has 18 heteroatoms. The van der Waals surface area contributed by atoms with E-state index in [-0.39, 0.29) is 25.8 Å². The van der Waals surface area contributed by atoms with E-state index >= 15 is 0 Å². The van der Waals surface area contributed by atoms with E-state index in [1.54, 1.807) is 12.2 Å². The second-order valence-electron chi connectivity index (χ2n) is 12.4. The number of methoxy groups -OCH3 is 1. The summed E-state index contributed by atoms with van der Waals surface area (Å²) in [7, 11) is 1.46. The molecule has 0 bridgehead atoms. The van der Waals surface area contributed by atoms with Crippen molar-refractivity contribution in [2.75, 3.05) is 13.7 Å². The topological polar surface area (TPSA) is 304 Å². The van der Waals surface area contributed by atoms with Gasteiger partial charge in [0.05, 0.1) is 31.5 Å². The van der Waals surface area contributed by atoms with Gasteiger partial charge in [-0.2, -0.15) is 0 Å². The van der Waals surface area contributed by atoms with Gasteiger partial charge in [0.2, 0.25) is 47.3 Å². The fraction of sp³-hybridized carbons (Fsp3) is 0.588. The molecular weight excluding hydrogens is 680 g/mol. The Kier molecular flexibility index (Phi) is 21.6. The number of amides is 8. The lowest BCUT2D eigenvalue weighted by atomic mass is 9.99. The first-order valence-electron chi connectivity index (χ1n) is 17.2. The zero-order chi connectivity index (χ0) is 39.1. The summed E-state index contributed by atoms with van der Waals surface area (Å²) in [5.74, 6) is -7.59. The molecule has 1 saturated heterocycles. The highest BCUT2D eigenvalue weighted by Crippen LogP contribution is 2.13. The quantitative estimate of drug-likeness (QED) is 0.0544. The van der Waals surface area contributed by atoms with Crippen molar-refractivity contribution >= 4 is 47.3 Å². The third-order valence-electron chi connectivity index (χ3n) is 7.72. The van der Waals surface area contributed by atoms with Crippen LogP contribution in [0.3, 0.4) is 0 Å². The number of ether oxygens (including phenoxy) is 1. The first-order valence-corrected chi connectivity index (χ1v) is 17.2. The molecule has 0 aromatic rings. The van der Waals surface area contributed by atoms with E-state index in [2.05, 4.69) is 39.6 Å². The van der Waals surface area contributed by atoms with Crippen LogP contribution in [-0.2, 0) is 43.1 Å². The highest BCUT2D eigenvalue weighted by atomic mass is 16.5. The molecule has 1 fully saturated rings. The molecule has 0 radical (unpaired) electrons. The van der Waals surface area contributed by atoms with Crippen LogP contribution >= 0.6 is 0 Å². The third kappa shape index (κ3) is 19.9. The van der Waals surface area contributed by atoms with Crippen LogP contribution in [0.25, 0.3) is 0 Å². The van der Waals surface area contributed by atoms with Crippen molar-refractivity contribution < 1.29 is 48.2 Å². The van der Waals surface area contributed by atoms with E-state index < -0.39 is 109 Å². The Morgan fingerprint density at radius 2 is 1.33 bits per heavy atom. The Balaban J connectivity index is 3.26. The van der Waals surface area contributed by atoms with Gasteiger partial charge in [-0.3, -0.25) is 38.4 Å². The van der Waals surface area contributed by atoms with Gasteiger partial charge >= 0.3 is 0 Å². The van der Waals surface area contributed by atoms with Crippen molar-refractivity contribution in [3.8, 4) is 0 Å². The van der Waals surface area contributed by atoms with Crippen LogP contribution < -0.4 is 43.8 Å². The van der Waals surface area contributed by atoms with Gasteiger partial charge in [0.25, 0.3) is 0 Å². The molecule has 0 aromatic carbocycles. The lowest BCUT2D eigenvalue weighted by Crippen LogP contribution is -2.59. The number of unbranched alkanes of at least 4 members (excludes halogenated alkanes) is 3. The molecule has 12 N–H and O–H groups in total. The number of allylic oxidation sites excluding steroid dienone is 5. The summed E-state index contributed by atoms with van der Waals surface area (Å²) in [5.41, 5.74) is 15.8. The Morgan fingerprint density at radius 3 is 1.87 bits per heavy atom. The molecule has 290 valence electrons. The first kappa shape index (κ1) is 44.9. The Hall–Kier alpha value is -5.10. The maximum atomic E-state index is 13.4. The van der Waals surface area contributed by atoms with Gasteiger partial charge in [-0.15, -0.1) is 0 Å². The van der Waals surface area contributed by atoms with Gasteiger partial charge < -0.3 is 53.6 Å². The molecule has 8 amide bonds. The molecule has 1 aliphatic heterocycles. The molecule has 1 aliphatic rings. The van der Waals surface area contributed by atoms with Crippen molar-refractivity contribution in [1.29, 1.82) is 0 Å². The fourth-order valence-corrected chi connectivity index (χ4v) is 5.10. The average molecular weight is 735 g/mol. The number of primary amides is 3. The number of carbonyl (C=O) groups excluding carboxylic acids is 8. The lowest BCUT2D eigenvalue weighted by Gasteiger charge is -2.26. The van der Waals surface area contributed by atoms with Crippen LogP contribution in [0, 0.1) is 0 Å². The summed E-state index contributed by atoms with van der Waals surface area (Å²) in [6, 6.07) is -6.00. The van der Waals surface area contributed by atoms with Crippen LogP contribution in [0.2, 0.25) is 0 Å². The fourth-order valence-electron chi connectivity index (χ4n) is 5.10. The summed E-state index contributed by atoms with van der Waals surface area (Å²) in [5, 5.41) is 22.8. The Bertz CT molecular complexity index is 1330. The Morgan fingerprint density at radius 1 is 0.788 bits per heavy atom. The molecule has 0 aromatic heterocycles. The number of carbonyl (C=O) groups is 8. The summed E-state index contributed by atoms with van der Waals surface area (Å²) in [4.78, 5) is 101. The molecule has 1 heterocycles. The van der Waals surface area contributed by atoms with Crippen molar-refractivity contribution in [1.82, 2.24) is 26.6 Å². The van der Waals surface area contributed by atoms with Crippen molar-refractivity contribution in [2.45, 2.75) is 114 Å². The van der Waals surface area contributed by atoms with Crippen molar-refractivity contribution in [2.24, 2.45) is 17.2 Å². The minimum atomic E-state index is -1.72. The van der Waals surface area contributed by atoms with Gasteiger partial charge in [0.15, 0.2) is 0 Å². The Labute approximate surface area is 303 Å². The monoisotopic (exact) mass is 734 g/mol. The van der Waals surface area contributed by atoms with Crippen LogP contribution in [0.5, 0.6) is 0 Å². The van der Waals surface area contributed by atoms with E-state index in [1.165, 1.54) is 13.5 Å². The summed E-state index contributed by atoms with van der Waals surface area (Å²) < 4.78 is 5.46. The van der Waals surface area contributed by atoms with Crippen molar-refractivity contribution in [3.05, 3.63) is 36.5 Å². The maximum Gasteiger partial charge on any atom is 0.243 e. The van der Waals surface area contributed by atoms with Gasteiger partial charge in [0, 0.05) is 39.0 Å². The highest BCUT2D eigenvalue weighted by Gasteiger charge is 2.33. The molecule has 0 unspecified atom stereocenters. The third-order valence-corrected chi connectivity index (χ3v) is 7.72. The zero-order valence-corrected chi connectivity index (χ0v) is 29.8. The SMILES string of the molecule is CCCCC/C=C/C=C/C=C/[C@H](C[C@H](O)C[C@@H]1CC(=O)NCCC(=O)N[C@H](CC(N)=O)C(=O)N[C@H](CC(N)=O)C(=O)N[C@@H](CC(N)=O)C(=O)N1)OC. The molecule has 1 rings (SSSR count). The minimum absolute atomic E-state index is 0.0737. The summed E-state index contributed by atoms with van der Waals surface area (Å²) in [6.45, 7) is 1.92. The maximum absolute atomic E-state index is 13.4. The molecule has 6 atom stereocenters. The number of hydrogen-bond acceptors (Lipinski definition) is 10. The van der Waals surface area contributed by atoms with Gasteiger partial charge in [-0.1, -0.05) is 56.2 Å². The largest absolute Gasteiger partial charge is 0.393 e. The van der Waals surface area contributed by atoms with Crippen LogP contribution in [0.1, 0.15) is 77.6 Å². The number of aliphatic hydroxyl groups is 1. The van der Waals surface area contributed by atoms with Gasteiger partial charge in [-0.25, -0.2) is 0 Å². The van der Waals surface area contributed by atoms with E-state index in [4.69, 9.17) is 21.9 Å². The number of nitrogens with one attached hydrogen (secondary N) is 5. The normalized spacial score (nSPS) is 22.6. The van der Waals surface area contributed by atoms with Crippen LogP contribution in [0.15, 0.2) is 36.5 Å². The lowest BCUT2D eigenvalue weighted by molar-refractivity contribution is -0.136. The van der Waals surface area contributed by atoms with E-state index in [0.29, 0.717) is 0 Å². The standard InChI is InChI=1S/C34H54N8O10/c1-3-4-5-6-7-8-9-10-11-12-23(52-2)17-22(43)15-21-16-31(48)38-14-13-30(47)40-24(18-27(35)44)33(50)42-26(20-29(37)46)34(51)41-25(19-28(36)45)32(49)39-21/h7-12,21-26,43H,3-6,13-20H2,1-2H3,(H2,35,44)(H2,36,45)(H2,37,46)(H,38,48)(H,39,49)(H,40,47)(H,41,51)(H,42,50)/b8-7+,10-9+,12-11+/t21-,22-,23-,24-,25+,26-/m1/s1. The molecular formula is C34H54N8O10. The van der Waals surface area contributed by atoms with Gasteiger partial charge in [0.1, 0.15) is 18.1 Å².